The van der Waals surface area contributed by atoms with E-state index in [9.17, 15) is 14.9 Å². The van der Waals surface area contributed by atoms with Crippen LogP contribution in [0, 0.1) is 23.2 Å². The van der Waals surface area contributed by atoms with Crippen LogP contribution in [0.4, 0.5) is 0 Å². The van der Waals surface area contributed by atoms with E-state index in [-0.39, 0.29) is 24.1 Å². The van der Waals surface area contributed by atoms with Gasteiger partial charge in [-0.05, 0) is 69.2 Å². The Morgan fingerprint density at radius 3 is 2.45 bits per heavy atom. The standard InChI is InChI=1S/C25H33NO5/c1-4-7-8-18-9-12-20(13-10-18)25(28)31-22-14-11-19(16-23(22)29-5-2)15-21(17-26)24(27)30-6-3/h11,14-16,18,20H,4-10,12-13H2,1-3H3/b21-15+. The average Bonchev–Trinajstić information content (AvgIpc) is 2.78. The van der Waals surface area contributed by atoms with Gasteiger partial charge in [-0.25, -0.2) is 4.79 Å². The van der Waals surface area contributed by atoms with Crippen molar-refractivity contribution in [3.63, 3.8) is 0 Å². The molecule has 0 bridgehead atoms. The molecule has 168 valence electrons. The normalized spacial score (nSPS) is 18.7. The molecule has 1 aromatic rings. The Hall–Kier alpha value is -2.81. The van der Waals surface area contributed by atoms with Crippen LogP contribution >= 0.6 is 0 Å². The highest BCUT2D eigenvalue weighted by molar-refractivity contribution is 5.98. The third-order valence-electron chi connectivity index (χ3n) is 5.55. The number of carbonyl (C=O) groups excluding carboxylic acids is 2. The van der Waals surface area contributed by atoms with Crippen molar-refractivity contribution in [3.05, 3.63) is 29.3 Å². The van der Waals surface area contributed by atoms with E-state index in [4.69, 9.17) is 14.2 Å². The second-order valence-corrected chi connectivity index (χ2v) is 7.81. The molecule has 0 saturated heterocycles. The van der Waals surface area contributed by atoms with Crippen molar-refractivity contribution in [1.29, 1.82) is 5.26 Å². The number of nitrogens with zero attached hydrogens (tertiary/aromatic N) is 1. The summed E-state index contributed by atoms with van der Waals surface area (Å²) in [5.41, 5.74) is 0.484. The summed E-state index contributed by atoms with van der Waals surface area (Å²) < 4.78 is 16.2. The molecule has 0 heterocycles. The minimum Gasteiger partial charge on any atom is -0.490 e. The van der Waals surface area contributed by atoms with Crippen LogP contribution in [0.1, 0.15) is 71.3 Å². The Morgan fingerprint density at radius 2 is 1.84 bits per heavy atom. The van der Waals surface area contributed by atoms with Gasteiger partial charge in [-0.3, -0.25) is 4.79 Å². The van der Waals surface area contributed by atoms with Gasteiger partial charge in [-0.2, -0.15) is 5.26 Å². The smallest absolute Gasteiger partial charge is 0.348 e. The molecule has 0 aromatic heterocycles. The topological polar surface area (TPSA) is 85.6 Å². The lowest BCUT2D eigenvalue weighted by Gasteiger charge is -2.27. The Labute approximate surface area is 185 Å². The number of carbonyl (C=O) groups is 2. The predicted molar refractivity (Wildman–Crippen MR) is 118 cm³/mol. The van der Waals surface area contributed by atoms with E-state index in [1.54, 1.807) is 25.1 Å². The van der Waals surface area contributed by atoms with Crippen LogP contribution in [0.2, 0.25) is 0 Å². The number of nitriles is 1. The zero-order valence-corrected chi connectivity index (χ0v) is 18.8. The molecule has 1 aliphatic carbocycles. The average molecular weight is 428 g/mol. The lowest BCUT2D eigenvalue weighted by atomic mass is 9.80. The molecule has 2 rings (SSSR count). The minimum absolute atomic E-state index is 0.0825. The zero-order valence-electron chi connectivity index (χ0n) is 18.8. The molecule has 0 radical (unpaired) electrons. The van der Waals surface area contributed by atoms with Gasteiger partial charge in [-0.15, -0.1) is 0 Å². The van der Waals surface area contributed by atoms with E-state index in [0.717, 1.165) is 31.6 Å². The lowest BCUT2D eigenvalue weighted by molar-refractivity contribution is -0.140. The first-order valence-corrected chi connectivity index (χ1v) is 11.3. The molecule has 0 aliphatic heterocycles. The van der Waals surface area contributed by atoms with Crippen molar-refractivity contribution in [2.75, 3.05) is 13.2 Å². The molecular formula is C25H33NO5. The van der Waals surface area contributed by atoms with Crippen molar-refractivity contribution in [2.45, 2.75) is 65.7 Å². The third-order valence-corrected chi connectivity index (χ3v) is 5.55. The van der Waals surface area contributed by atoms with E-state index in [1.165, 1.54) is 25.3 Å². The van der Waals surface area contributed by atoms with Gasteiger partial charge in [0, 0.05) is 0 Å². The van der Waals surface area contributed by atoms with Crippen LogP contribution in [0.5, 0.6) is 11.5 Å². The summed E-state index contributed by atoms with van der Waals surface area (Å²) in [7, 11) is 0. The van der Waals surface area contributed by atoms with E-state index < -0.39 is 5.97 Å². The first-order valence-electron chi connectivity index (χ1n) is 11.3. The fourth-order valence-corrected chi connectivity index (χ4v) is 3.85. The maximum atomic E-state index is 12.7. The molecule has 6 heteroatoms. The van der Waals surface area contributed by atoms with Gasteiger partial charge in [-0.1, -0.05) is 32.3 Å². The van der Waals surface area contributed by atoms with E-state index in [1.807, 2.05) is 13.0 Å². The highest BCUT2D eigenvalue weighted by Gasteiger charge is 2.28. The molecule has 1 aliphatic rings. The van der Waals surface area contributed by atoms with Gasteiger partial charge in [0.2, 0.25) is 0 Å². The molecule has 0 spiro atoms. The molecule has 6 nitrogen and oxygen atoms in total. The van der Waals surface area contributed by atoms with Gasteiger partial charge in [0.1, 0.15) is 11.6 Å². The highest BCUT2D eigenvalue weighted by atomic mass is 16.6. The van der Waals surface area contributed by atoms with Crippen LogP contribution in [-0.2, 0) is 14.3 Å². The minimum atomic E-state index is -0.673. The fourth-order valence-electron chi connectivity index (χ4n) is 3.85. The van der Waals surface area contributed by atoms with Crippen LogP contribution in [0.25, 0.3) is 6.08 Å². The summed E-state index contributed by atoms with van der Waals surface area (Å²) in [5, 5.41) is 9.22. The molecule has 0 atom stereocenters. The largest absolute Gasteiger partial charge is 0.490 e. The summed E-state index contributed by atoms with van der Waals surface area (Å²) in [6.07, 6.45) is 9.03. The first-order chi connectivity index (χ1) is 15.0. The quantitative estimate of drug-likeness (QED) is 0.213. The number of benzene rings is 1. The number of esters is 2. The van der Waals surface area contributed by atoms with Crippen LogP contribution in [0.3, 0.4) is 0 Å². The summed E-state index contributed by atoms with van der Waals surface area (Å²) in [6, 6.07) is 6.83. The highest BCUT2D eigenvalue weighted by Crippen LogP contribution is 2.35. The van der Waals surface area contributed by atoms with E-state index in [0.29, 0.717) is 23.7 Å². The van der Waals surface area contributed by atoms with Crippen molar-refractivity contribution in [2.24, 2.45) is 11.8 Å². The monoisotopic (exact) mass is 427 g/mol. The molecule has 1 aromatic carbocycles. The zero-order chi connectivity index (χ0) is 22.6. The van der Waals surface area contributed by atoms with Crippen LogP contribution in [-0.4, -0.2) is 25.2 Å². The lowest BCUT2D eigenvalue weighted by Crippen LogP contribution is -2.25. The number of hydrogen-bond donors (Lipinski definition) is 0. The van der Waals surface area contributed by atoms with Gasteiger partial charge in [0.15, 0.2) is 11.5 Å². The molecule has 0 unspecified atom stereocenters. The molecule has 0 N–H and O–H groups in total. The van der Waals surface area contributed by atoms with Crippen molar-refractivity contribution >= 4 is 18.0 Å². The Morgan fingerprint density at radius 1 is 1.10 bits per heavy atom. The third kappa shape index (κ3) is 7.43. The number of hydrogen-bond acceptors (Lipinski definition) is 6. The molecular weight excluding hydrogens is 394 g/mol. The van der Waals surface area contributed by atoms with Crippen molar-refractivity contribution in [1.82, 2.24) is 0 Å². The molecule has 1 fully saturated rings. The Balaban J connectivity index is 2.08. The molecule has 31 heavy (non-hydrogen) atoms. The van der Waals surface area contributed by atoms with E-state index in [2.05, 4.69) is 6.92 Å². The Bertz CT molecular complexity index is 816. The number of rotatable bonds is 10. The van der Waals surface area contributed by atoms with Crippen molar-refractivity contribution in [3.8, 4) is 17.6 Å². The SMILES string of the molecule is CCCCC1CCC(C(=O)Oc2ccc(/C=C(\C#N)C(=O)OCC)cc2OCC)CC1. The van der Waals surface area contributed by atoms with E-state index >= 15 is 0 Å². The Kier molecular flexibility index (Phi) is 10.1. The molecule has 1 saturated carbocycles. The van der Waals surface area contributed by atoms with Gasteiger partial charge < -0.3 is 14.2 Å². The summed E-state index contributed by atoms with van der Waals surface area (Å²) in [4.78, 5) is 24.6. The second-order valence-electron chi connectivity index (χ2n) is 7.81. The first kappa shape index (κ1) is 24.5. The predicted octanol–water partition coefficient (Wildman–Crippen LogP) is 5.46. The fraction of sp³-hybridized carbons (Fsp3) is 0.560. The van der Waals surface area contributed by atoms with Gasteiger partial charge in [0.25, 0.3) is 0 Å². The van der Waals surface area contributed by atoms with Gasteiger partial charge >= 0.3 is 11.9 Å². The maximum Gasteiger partial charge on any atom is 0.348 e. The van der Waals surface area contributed by atoms with Gasteiger partial charge in [0.05, 0.1) is 19.1 Å². The number of ether oxygens (including phenoxy) is 3. The molecule has 0 amide bonds. The van der Waals surface area contributed by atoms with Crippen LogP contribution < -0.4 is 9.47 Å². The number of unbranched alkanes of at least 4 members (excludes halogenated alkanes) is 1. The summed E-state index contributed by atoms with van der Waals surface area (Å²) in [6.45, 7) is 6.31. The van der Waals surface area contributed by atoms with Crippen molar-refractivity contribution < 1.29 is 23.8 Å². The van der Waals surface area contributed by atoms with Crippen LogP contribution in [0.15, 0.2) is 23.8 Å². The summed E-state index contributed by atoms with van der Waals surface area (Å²) >= 11 is 0. The maximum absolute atomic E-state index is 12.7. The summed E-state index contributed by atoms with van der Waals surface area (Å²) in [5.74, 6) is 0.508. The second kappa shape index (κ2) is 12.8.